The van der Waals surface area contributed by atoms with E-state index in [1.54, 1.807) is 6.92 Å². The molecular formula is C5H11NO2. The summed E-state index contributed by atoms with van der Waals surface area (Å²) in [6.45, 7) is 3.13. The van der Waals surface area contributed by atoms with Crippen LogP contribution in [0.1, 0.15) is 13.8 Å². The third-order valence-corrected chi connectivity index (χ3v) is 1.17. The molecule has 0 bridgehead atoms. The maximum atomic E-state index is 10.2. The molecule has 0 aliphatic heterocycles. The lowest BCUT2D eigenvalue weighted by Gasteiger charge is -2.08. The Bertz CT molecular complexity index is 90.4. The monoisotopic (exact) mass is 117 g/mol. The molecule has 0 heterocycles. The summed E-state index contributed by atoms with van der Waals surface area (Å²) in [7, 11) is 0. The predicted octanol–water partition coefficient (Wildman–Crippen LogP) is -0.511. The Kier molecular flexibility index (Phi) is 2.48. The average Bonchev–Trinajstić information content (AvgIpc) is 1.64. The summed E-state index contributed by atoms with van der Waals surface area (Å²) in [4.78, 5) is 10.2. The molecule has 0 spiro atoms. The van der Waals surface area contributed by atoms with Gasteiger partial charge in [-0.3, -0.25) is 4.79 Å². The molecule has 2 atom stereocenters. The third-order valence-electron chi connectivity index (χ3n) is 1.17. The lowest BCUT2D eigenvalue weighted by Crippen LogP contribution is -2.28. The summed E-state index contributed by atoms with van der Waals surface area (Å²) in [6, 6.07) is 0. The Morgan fingerprint density at radius 1 is 1.62 bits per heavy atom. The van der Waals surface area contributed by atoms with E-state index in [1.807, 2.05) is 0 Å². The van der Waals surface area contributed by atoms with Crippen molar-refractivity contribution >= 4 is 5.91 Å². The van der Waals surface area contributed by atoms with E-state index in [0.717, 1.165) is 0 Å². The van der Waals surface area contributed by atoms with Gasteiger partial charge >= 0.3 is 0 Å². The number of carbonyl (C=O) groups is 1. The van der Waals surface area contributed by atoms with Gasteiger partial charge in [0.15, 0.2) is 0 Å². The predicted molar refractivity (Wildman–Crippen MR) is 30.0 cm³/mol. The van der Waals surface area contributed by atoms with E-state index >= 15 is 0 Å². The molecule has 3 heteroatoms. The van der Waals surface area contributed by atoms with Gasteiger partial charge < -0.3 is 10.8 Å². The van der Waals surface area contributed by atoms with Crippen LogP contribution in [0.15, 0.2) is 0 Å². The van der Waals surface area contributed by atoms with Crippen LogP contribution < -0.4 is 5.73 Å². The van der Waals surface area contributed by atoms with Crippen molar-refractivity contribution in [3.05, 3.63) is 0 Å². The van der Waals surface area contributed by atoms with Crippen molar-refractivity contribution in [3.63, 3.8) is 0 Å². The zero-order valence-corrected chi connectivity index (χ0v) is 5.09. The maximum absolute atomic E-state index is 10.2. The molecule has 3 N–H and O–H groups in total. The molecule has 0 aromatic rings. The van der Waals surface area contributed by atoms with E-state index < -0.39 is 17.9 Å². The lowest BCUT2D eigenvalue weighted by atomic mass is 10.1. The van der Waals surface area contributed by atoms with Gasteiger partial charge in [-0.15, -0.1) is 0 Å². The number of hydrogen-bond donors (Lipinski definition) is 2. The largest absolute Gasteiger partial charge is 0.393 e. The number of hydrogen-bond acceptors (Lipinski definition) is 2. The Balaban J connectivity index is 3.64. The minimum absolute atomic E-state index is 0.435. The van der Waals surface area contributed by atoms with Crippen molar-refractivity contribution in [2.45, 2.75) is 20.0 Å². The maximum Gasteiger partial charge on any atom is 0.222 e. The summed E-state index contributed by atoms with van der Waals surface area (Å²) < 4.78 is 0. The number of nitrogens with two attached hydrogens (primary N) is 1. The van der Waals surface area contributed by atoms with Crippen LogP contribution in [0.5, 0.6) is 0 Å². The minimum atomic E-state index is -0.632. The van der Waals surface area contributed by atoms with E-state index in [-0.39, 0.29) is 0 Å². The molecule has 0 aromatic carbocycles. The van der Waals surface area contributed by atoms with Gasteiger partial charge in [0.25, 0.3) is 0 Å². The number of rotatable bonds is 2. The molecule has 8 heavy (non-hydrogen) atoms. The average molecular weight is 117 g/mol. The molecule has 1 amide bonds. The van der Waals surface area contributed by atoms with Gasteiger partial charge in [-0.05, 0) is 6.92 Å². The first-order chi connectivity index (χ1) is 3.55. The second-order valence-corrected chi connectivity index (χ2v) is 1.93. The van der Waals surface area contributed by atoms with Crippen molar-refractivity contribution in [2.75, 3.05) is 0 Å². The van der Waals surface area contributed by atoms with Crippen molar-refractivity contribution in [2.24, 2.45) is 11.7 Å². The van der Waals surface area contributed by atoms with E-state index in [1.165, 1.54) is 6.92 Å². The highest BCUT2D eigenvalue weighted by Crippen LogP contribution is 1.98. The summed E-state index contributed by atoms with van der Waals surface area (Å²) >= 11 is 0. The summed E-state index contributed by atoms with van der Waals surface area (Å²) in [5.41, 5.74) is 4.84. The van der Waals surface area contributed by atoms with Crippen LogP contribution in [-0.4, -0.2) is 17.1 Å². The van der Waals surface area contributed by atoms with Gasteiger partial charge in [-0.2, -0.15) is 0 Å². The Morgan fingerprint density at radius 2 is 2.00 bits per heavy atom. The Labute approximate surface area is 48.5 Å². The molecule has 0 aliphatic rings. The van der Waals surface area contributed by atoms with Crippen LogP contribution in [0.3, 0.4) is 0 Å². The fourth-order valence-electron chi connectivity index (χ4n) is 0.238. The van der Waals surface area contributed by atoms with Crippen LogP contribution in [0.2, 0.25) is 0 Å². The van der Waals surface area contributed by atoms with Crippen molar-refractivity contribution in [1.82, 2.24) is 0 Å². The molecule has 0 aliphatic carbocycles. The van der Waals surface area contributed by atoms with Crippen molar-refractivity contribution < 1.29 is 9.90 Å². The molecule has 0 aromatic heterocycles. The Morgan fingerprint density at radius 3 is 2.00 bits per heavy atom. The molecule has 0 fully saturated rings. The quantitative estimate of drug-likeness (QED) is 0.511. The van der Waals surface area contributed by atoms with Crippen LogP contribution >= 0.6 is 0 Å². The van der Waals surface area contributed by atoms with Crippen LogP contribution in [0.4, 0.5) is 0 Å². The summed E-state index contributed by atoms with van der Waals surface area (Å²) in [6.07, 6.45) is -0.632. The molecule has 0 radical (unpaired) electrons. The van der Waals surface area contributed by atoms with E-state index in [9.17, 15) is 4.79 Å². The van der Waals surface area contributed by atoms with E-state index in [4.69, 9.17) is 10.8 Å². The minimum Gasteiger partial charge on any atom is -0.393 e. The molecular weight excluding hydrogens is 106 g/mol. The Hall–Kier alpha value is -0.570. The highest BCUT2D eigenvalue weighted by Gasteiger charge is 2.13. The highest BCUT2D eigenvalue weighted by atomic mass is 16.3. The first kappa shape index (κ1) is 7.43. The van der Waals surface area contributed by atoms with Gasteiger partial charge in [0.05, 0.1) is 12.0 Å². The van der Waals surface area contributed by atoms with Crippen LogP contribution in [-0.2, 0) is 4.79 Å². The van der Waals surface area contributed by atoms with Crippen molar-refractivity contribution in [3.8, 4) is 0 Å². The highest BCUT2D eigenvalue weighted by molar-refractivity contribution is 5.76. The number of amides is 1. The van der Waals surface area contributed by atoms with E-state index in [2.05, 4.69) is 0 Å². The number of primary amides is 1. The van der Waals surface area contributed by atoms with Crippen LogP contribution in [0.25, 0.3) is 0 Å². The second-order valence-electron chi connectivity index (χ2n) is 1.93. The molecule has 0 unspecified atom stereocenters. The van der Waals surface area contributed by atoms with Crippen LogP contribution in [0, 0.1) is 5.92 Å². The first-order valence-corrected chi connectivity index (χ1v) is 2.53. The van der Waals surface area contributed by atoms with Gasteiger partial charge in [-0.25, -0.2) is 0 Å². The summed E-state index contributed by atoms with van der Waals surface area (Å²) in [5, 5.41) is 8.69. The van der Waals surface area contributed by atoms with Crippen molar-refractivity contribution in [1.29, 1.82) is 0 Å². The lowest BCUT2D eigenvalue weighted by molar-refractivity contribution is -0.124. The summed E-state index contributed by atoms with van der Waals surface area (Å²) in [5.74, 6) is -0.894. The standard InChI is InChI=1S/C5H11NO2/c1-3(4(2)7)5(6)8/h3-4,7H,1-2H3,(H2,6,8)/t3-,4+/m0/s1. The second kappa shape index (κ2) is 2.67. The molecule has 48 valence electrons. The van der Waals surface area contributed by atoms with Gasteiger partial charge in [0, 0.05) is 0 Å². The third kappa shape index (κ3) is 1.93. The molecule has 0 rings (SSSR count). The fourth-order valence-corrected chi connectivity index (χ4v) is 0.238. The molecule has 0 saturated heterocycles. The topological polar surface area (TPSA) is 63.3 Å². The smallest absolute Gasteiger partial charge is 0.222 e. The SMILES string of the molecule is C[C@H](C(N)=O)[C@@H](C)O. The number of carbonyl (C=O) groups excluding carboxylic acids is 1. The number of aliphatic hydroxyl groups excluding tert-OH is 1. The molecule has 3 nitrogen and oxygen atoms in total. The number of aliphatic hydroxyl groups is 1. The van der Waals surface area contributed by atoms with E-state index in [0.29, 0.717) is 0 Å². The fraction of sp³-hybridized carbons (Fsp3) is 0.800. The zero-order valence-electron chi connectivity index (χ0n) is 5.09. The van der Waals surface area contributed by atoms with Gasteiger partial charge in [-0.1, -0.05) is 6.92 Å². The van der Waals surface area contributed by atoms with Gasteiger partial charge in [0.1, 0.15) is 0 Å². The molecule has 0 saturated carbocycles. The normalized spacial score (nSPS) is 17.4. The zero-order chi connectivity index (χ0) is 6.73. The van der Waals surface area contributed by atoms with Gasteiger partial charge in [0.2, 0.25) is 5.91 Å². The first-order valence-electron chi connectivity index (χ1n) is 2.53.